The van der Waals surface area contributed by atoms with Crippen LogP contribution in [0.3, 0.4) is 0 Å². The topological polar surface area (TPSA) is 156 Å². The molecule has 0 bridgehead atoms. The lowest BCUT2D eigenvalue weighted by atomic mass is 10.3. The number of para-hydroxylation sites is 1. The molecule has 0 radical (unpaired) electrons. The molecule has 4 rings (SSSR count). The van der Waals surface area contributed by atoms with Gasteiger partial charge in [-0.15, -0.1) is 0 Å². The fourth-order valence-corrected chi connectivity index (χ4v) is 5.12. The third-order valence-electron chi connectivity index (χ3n) is 5.33. The number of carbonyl (C=O) groups excluding carboxylic acids is 1. The van der Waals surface area contributed by atoms with Gasteiger partial charge in [0.05, 0.1) is 19.5 Å². The monoisotopic (exact) mass is 517 g/mol. The number of fused-ring (bicyclic) bond motifs is 1. The van der Waals surface area contributed by atoms with E-state index in [1.807, 2.05) is 13.0 Å². The SMILES string of the molecule is CCCOC(=O)[C@H](C)NP(=O)(COCCn1cnc2c(NC3CC3)nc(N)nc21)Oc1ccccc1. The zero-order valence-electron chi connectivity index (χ0n) is 20.4. The van der Waals surface area contributed by atoms with Crippen molar-refractivity contribution in [1.29, 1.82) is 0 Å². The zero-order chi connectivity index (χ0) is 25.5. The van der Waals surface area contributed by atoms with Crippen LogP contribution in [0.1, 0.15) is 33.1 Å². The average molecular weight is 518 g/mol. The van der Waals surface area contributed by atoms with E-state index in [0.717, 1.165) is 12.8 Å². The summed E-state index contributed by atoms with van der Waals surface area (Å²) in [5, 5.41) is 6.11. The molecular weight excluding hydrogens is 485 g/mol. The number of nitrogens with zero attached hydrogens (tertiary/aromatic N) is 4. The van der Waals surface area contributed by atoms with Crippen LogP contribution in [-0.2, 0) is 25.4 Å². The minimum Gasteiger partial charge on any atom is -0.465 e. The van der Waals surface area contributed by atoms with E-state index < -0.39 is 19.5 Å². The number of anilines is 2. The first-order valence-electron chi connectivity index (χ1n) is 12.0. The maximum atomic E-state index is 13.6. The number of hydrogen-bond acceptors (Lipinski definition) is 10. The molecule has 1 fully saturated rings. The Hall–Kier alpha value is -3.21. The van der Waals surface area contributed by atoms with Gasteiger partial charge in [-0.3, -0.25) is 9.36 Å². The van der Waals surface area contributed by atoms with E-state index >= 15 is 0 Å². The number of aromatic nitrogens is 4. The Labute approximate surface area is 209 Å². The molecule has 13 heteroatoms. The van der Waals surface area contributed by atoms with Crippen molar-refractivity contribution in [2.45, 2.75) is 51.7 Å². The van der Waals surface area contributed by atoms with Gasteiger partial charge in [0.1, 0.15) is 18.1 Å². The third-order valence-corrected chi connectivity index (χ3v) is 7.13. The fraction of sp³-hybridized carbons (Fsp3) is 0.478. The van der Waals surface area contributed by atoms with Crippen LogP contribution in [0.4, 0.5) is 11.8 Å². The van der Waals surface area contributed by atoms with Crippen molar-refractivity contribution >= 4 is 36.4 Å². The summed E-state index contributed by atoms with van der Waals surface area (Å²) in [6.07, 6.45) is 4.26. The van der Waals surface area contributed by atoms with E-state index in [1.54, 1.807) is 42.1 Å². The smallest absolute Gasteiger partial charge is 0.342 e. The molecule has 2 heterocycles. The molecular formula is C23H32N7O5P. The van der Waals surface area contributed by atoms with Gasteiger partial charge in [0.25, 0.3) is 0 Å². The van der Waals surface area contributed by atoms with Crippen LogP contribution < -0.4 is 20.7 Å². The second-order valence-electron chi connectivity index (χ2n) is 8.59. The number of benzene rings is 1. The second-order valence-corrected chi connectivity index (χ2v) is 10.6. The summed E-state index contributed by atoms with van der Waals surface area (Å²) in [5.41, 5.74) is 7.12. The maximum Gasteiger partial charge on any atom is 0.342 e. The predicted molar refractivity (Wildman–Crippen MR) is 136 cm³/mol. The molecule has 0 amide bonds. The zero-order valence-corrected chi connectivity index (χ0v) is 21.3. The van der Waals surface area contributed by atoms with Crippen molar-refractivity contribution in [1.82, 2.24) is 24.6 Å². The molecule has 1 saturated carbocycles. The van der Waals surface area contributed by atoms with E-state index in [-0.39, 0.29) is 25.5 Å². The van der Waals surface area contributed by atoms with Gasteiger partial charge in [-0.25, -0.2) is 10.1 Å². The number of nitrogens with two attached hydrogens (primary N) is 1. The number of ether oxygens (including phenoxy) is 2. The molecule has 3 aromatic rings. The standard InChI is InChI=1S/C23H32N7O5P/c1-3-12-34-22(31)16(2)29-36(32,35-18-7-5-4-6-8-18)15-33-13-11-30-14-25-19-20(26-17-9-10-17)27-23(24)28-21(19)30/h4-8,14,16-17H,3,9-13,15H2,1-2H3,(H,29,32)(H3,24,26,27,28)/t16-,36?/m0/s1. The van der Waals surface area contributed by atoms with Crippen LogP contribution in [0.5, 0.6) is 5.75 Å². The van der Waals surface area contributed by atoms with Gasteiger partial charge in [-0.2, -0.15) is 9.97 Å². The number of nitrogens with one attached hydrogen (secondary N) is 2. The number of carbonyl (C=O) groups is 1. The highest BCUT2D eigenvalue weighted by molar-refractivity contribution is 7.57. The van der Waals surface area contributed by atoms with Gasteiger partial charge in [0.15, 0.2) is 17.0 Å². The lowest BCUT2D eigenvalue weighted by Gasteiger charge is -2.23. The van der Waals surface area contributed by atoms with Gasteiger partial charge >= 0.3 is 13.5 Å². The van der Waals surface area contributed by atoms with Gasteiger partial charge in [0.2, 0.25) is 5.95 Å². The quantitative estimate of drug-likeness (QED) is 0.164. The normalized spacial score (nSPS) is 15.8. The molecule has 0 saturated heterocycles. The van der Waals surface area contributed by atoms with Crippen molar-refractivity contribution in [2.75, 3.05) is 30.6 Å². The van der Waals surface area contributed by atoms with Crippen LogP contribution in [0.25, 0.3) is 11.2 Å². The molecule has 1 aliphatic carbocycles. The van der Waals surface area contributed by atoms with E-state index in [9.17, 15) is 9.36 Å². The summed E-state index contributed by atoms with van der Waals surface area (Å²) in [7, 11) is -3.62. The summed E-state index contributed by atoms with van der Waals surface area (Å²) in [6, 6.07) is 8.28. The number of imidazole rings is 1. The first-order valence-corrected chi connectivity index (χ1v) is 13.8. The van der Waals surface area contributed by atoms with Gasteiger partial charge < -0.3 is 29.6 Å². The predicted octanol–water partition coefficient (Wildman–Crippen LogP) is 3.16. The van der Waals surface area contributed by atoms with E-state index in [2.05, 4.69) is 25.4 Å². The summed E-state index contributed by atoms with van der Waals surface area (Å²) in [5.74, 6) is 0.664. The average Bonchev–Trinajstić information content (AvgIpc) is 3.58. The summed E-state index contributed by atoms with van der Waals surface area (Å²) >= 11 is 0. The highest BCUT2D eigenvalue weighted by atomic mass is 31.2. The molecule has 1 aromatic carbocycles. The highest BCUT2D eigenvalue weighted by Crippen LogP contribution is 2.43. The molecule has 0 aliphatic heterocycles. The summed E-state index contributed by atoms with van der Waals surface area (Å²) in [4.78, 5) is 25.2. The van der Waals surface area contributed by atoms with Crippen LogP contribution in [0.15, 0.2) is 36.7 Å². The fourth-order valence-electron chi connectivity index (χ4n) is 3.41. The summed E-state index contributed by atoms with van der Waals surface area (Å²) < 4.78 is 32.1. The molecule has 1 unspecified atom stereocenters. The molecule has 2 aromatic heterocycles. The minimum absolute atomic E-state index is 0.155. The lowest BCUT2D eigenvalue weighted by Crippen LogP contribution is -2.35. The van der Waals surface area contributed by atoms with Crippen LogP contribution in [0.2, 0.25) is 0 Å². The second kappa shape index (κ2) is 11.7. The molecule has 194 valence electrons. The van der Waals surface area contributed by atoms with Gasteiger partial charge in [0, 0.05) is 12.6 Å². The molecule has 1 aliphatic rings. The highest BCUT2D eigenvalue weighted by Gasteiger charge is 2.31. The van der Waals surface area contributed by atoms with Crippen molar-refractivity contribution < 1.29 is 23.4 Å². The molecule has 36 heavy (non-hydrogen) atoms. The van der Waals surface area contributed by atoms with Crippen LogP contribution in [-0.4, -0.2) is 57.1 Å². The first-order chi connectivity index (χ1) is 17.4. The molecule has 2 atom stereocenters. The van der Waals surface area contributed by atoms with E-state index in [0.29, 0.717) is 41.7 Å². The third kappa shape index (κ3) is 6.93. The van der Waals surface area contributed by atoms with Crippen LogP contribution in [0, 0.1) is 0 Å². The van der Waals surface area contributed by atoms with Crippen molar-refractivity contribution in [3.8, 4) is 5.75 Å². The molecule has 12 nitrogen and oxygen atoms in total. The van der Waals surface area contributed by atoms with Crippen molar-refractivity contribution in [3.63, 3.8) is 0 Å². The van der Waals surface area contributed by atoms with Crippen molar-refractivity contribution in [3.05, 3.63) is 36.7 Å². The van der Waals surface area contributed by atoms with Crippen LogP contribution >= 0.6 is 7.52 Å². The maximum absolute atomic E-state index is 13.6. The number of hydrogen-bond donors (Lipinski definition) is 3. The van der Waals surface area contributed by atoms with E-state index in [4.69, 9.17) is 19.7 Å². The Balaban J connectivity index is 1.39. The lowest BCUT2D eigenvalue weighted by molar-refractivity contribution is -0.145. The molecule has 0 spiro atoms. The first kappa shape index (κ1) is 25.9. The van der Waals surface area contributed by atoms with Crippen molar-refractivity contribution in [2.24, 2.45) is 0 Å². The Kier molecular flexibility index (Phi) is 8.40. The van der Waals surface area contributed by atoms with Gasteiger partial charge in [-0.05, 0) is 38.3 Å². The van der Waals surface area contributed by atoms with Gasteiger partial charge in [-0.1, -0.05) is 25.1 Å². The summed E-state index contributed by atoms with van der Waals surface area (Å²) in [6.45, 7) is 4.34. The minimum atomic E-state index is -3.62. The Morgan fingerprint density at radius 1 is 1.25 bits per heavy atom. The largest absolute Gasteiger partial charge is 0.465 e. The number of nitrogen functional groups attached to an aromatic ring is 1. The Morgan fingerprint density at radius 2 is 2.03 bits per heavy atom. The Bertz CT molecular complexity index is 1220. The molecule has 4 N–H and O–H groups in total. The van der Waals surface area contributed by atoms with E-state index in [1.165, 1.54) is 0 Å². The Morgan fingerprint density at radius 3 is 2.75 bits per heavy atom. The number of esters is 1. The number of rotatable bonds is 14.